The molecule has 5 nitrogen and oxygen atoms in total. The van der Waals surface area contributed by atoms with Crippen molar-refractivity contribution in [3.8, 4) is 6.07 Å². The maximum Gasteiger partial charge on any atom is 0.293 e. The van der Waals surface area contributed by atoms with E-state index in [1.54, 1.807) is 42.5 Å². The summed E-state index contributed by atoms with van der Waals surface area (Å²) in [6.45, 7) is 0.0848. The number of carbonyl (C=O) groups excluding carboxylic acids is 2. The Morgan fingerprint density at radius 3 is 2.74 bits per heavy atom. The maximum absolute atomic E-state index is 12.4. The maximum atomic E-state index is 12.4. The highest BCUT2D eigenvalue weighted by molar-refractivity contribution is 14.1. The lowest BCUT2D eigenvalue weighted by Crippen LogP contribution is -2.27. The third-order valence-electron chi connectivity index (χ3n) is 3.21. The highest BCUT2D eigenvalue weighted by atomic mass is 127. The number of thioether (sulfide) groups is 1. The van der Waals surface area contributed by atoms with E-state index in [0.717, 1.165) is 16.7 Å². The molecule has 2 aromatic rings. The average Bonchev–Trinajstić information content (AvgIpc) is 3.06. The van der Waals surface area contributed by atoms with Crippen molar-refractivity contribution in [1.29, 1.82) is 5.26 Å². The summed E-state index contributed by atoms with van der Waals surface area (Å²) in [7, 11) is 0. The number of benzene rings is 1. The average molecular weight is 436 g/mol. The zero-order valence-corrected chi connectivity index (χ0v) is 14.6. The van der Waals surface area contributed by atoms with E-state index in [1.807, 2.05) is 22.6 Å². The summed E-state index contributed by atoms with van der Waals surface area (Å²) in [5.41, 5.74) is 1.10. The van der Waals surface area contributed by atoms with E-state index in [4.69, 9.17) is 9.68 Å². The van der Waals surface area contributed by atoms with Crippen molar-refractivity contribution in [3.63, 3.8) is 0 Å². The Balaban J connectivity index is 1.85. The normalized spacial score (nSPS) is 16.2. The smallest absolute Gasteiger partial charge is 0.293 e. The molecule has 0 bridgehead atoms. The van der Waals surface area contributed by atoms with Crippen LogP contribution in [0.2, 0.25) is 0 Å². The van der Waals surface area contributed by atoms with Crippen LogP contribution in [0, 0.1) is 15.1 Å². The van der Waals surface area contributed by atoms with Crippen LogP contribution in [-0.2, 0) is 11.3 Å². The Bertz CT molecular complexity index is 866. The van der Waals surface area contributed by atoms with Crippen molar-refractivity contribution < 1.29 is 14.0 Å². The monoisotopic (exact) mass is 436 g/mol. The molecule has 0 saturated carbocycles. The number of imide groups is 1. The van der Waals surface area contributed by atoms with Crippen LogP contribution in [0.3, 0.4) is 0 Å². The third-order valence-corrected chi connectivity index (χ3v) is 4.69. The van der Waals surface area contributed by atoms with E-state index in [0.29, 0.717) is 25.6 Å². The molecule has 0 spiro atoms. The molecule has 1 aliphatic heterocycles. The van der Waals surface area contributed by atoms with Crippen LogP contribution in [-0.4, -0.2) is 16.0 Å². The van der Waals surface area contributed by atoms with Crippen molar-refractivity contribution in [2.75, 3.05) is 0 Å². The van der Waals surface area contributed by atoms with Gasteiger partial charge < -0.3 is 4.42 Å². The Morgan fingerprint density at radius 1 is 1.26 bits per heavy atom. The Kier molecular flexibility index (Phi) is 4.54. The van der Waals surface area contributed by atoms with Gasteiger partial charge in [0.2, 0.25) is 0 Å². The van der Waals surface area contributed by atoms with Gasteiger partial charge in [-0.05, 0) is 58.1 Å². The molecule has 7 heteroatoms. The number of hydrogen-bond acceptors (Lipinski definition) is 5. The molecule has 0 N–H and O–H groups in total. The number of nitriles is 1. The Morgan fingerprint density at radius 2 is 2.04 bits per heavy atom. The molecular formula is C16H9IN2O3S. The lowest BCUT2D eigenvalue weighted by atomic mass is 10.1. The minimum atomic E-state index is -0.376. The highest BCUT2D eigenvalue weighted by Crippen LogP contribution is 2.33. The van der Waals surface area contributed by atoms with Crippen LogP contribution in [0.4, 0.5) is 4.79 Å². The molecule has 1 aromatic carbocycles. The van der Waals surface area contributed by atoms with E-state index in [1.165, 1.54) is 0 Å². The van der Waals surface area contributed by atoms with Crippen molar-refractivity contribution in [1.82, 2.24) is 4.90 Å². The van der Waals surface area contributed by atoms with Gasteiger partial charge in [0.15, 0.2) is 3.77 Å². The lowest BCUT2D eigenvalue weighted by molar-refractivity contribution is -0.123. The number of halogens is 1. The van der Waals surface area contributed by atoms with Gasteiger partial charge in [-0.1, -0.05) is 18.2 Å². The van der Waals surface area contributed by atoms with Crippen molar-refractivity contribution in [3.05, 3.63) is 62.0 Å². The zero-order chi connectivity index (χ0) is 16.4. The second-order valence-electron chi connectivity index (χ2n) is 4.68. The molecule has 1 aromatic heterocycles. The molecule has 0 unspecified atom stereocenters. The van der Waals surface area contributed by atoms with Gasteiger partial charge in [-0.15, -0.1) is 0 Å². The number of rotatable bonds is 3. The second-order valence-corrected chi connectivity index (χ2v) is 6.74. The van der Waals surface area contributed by atoms with Gasteiger partial charge >= 0.3 is 0 Å². The number of furan rings is 1. The first-order valence-corrected chi connectivity index (χ1v) is 8.46. The van der Waals surface area contributed by atoms with Crippen LogP contribution in [0.25, 0.3) is 6.08 Å². The molecule has 114 valence electrons. The SMILES string of the molecule is N#Cc1ccccc1CN1C(=O)S/C(=C/c2ccc(I)o2)C1=O. The first-order valence-electron chi connectivity index (χ1n) is 6.57. The predicted molar refractivity (Wildman–Crippen MR) is 94.1 cm³/mol. The number of carbonyl (C=O) groups is 2. The number of hydrogen-bond donors (Lipinski definition) is 0. The Labute approximate surface area is 150 Å². The lowest BCUT2D eigenvalue weighted by Gasteiger charge is -2.13. The number of nitrogens with zero attached hydrogens (tertiary/aromatic N) is 2. The van der Waals surface area contributed by atoms with Crippen LogP contribution >= 0.6 is 34.4 Å². The molecule has 2 heterocycles. The van der Waals surface area contributed by atoms with Crippen molar-refractivity contribution >= 4 is 51.6 Å². The van der Waals surface area contributed by atoms with E-state index in [2.05, 4.69) is 6.07 Å². The summed E-state index contributed by atoms with van der Waals surface area (Å²) in [4.78, 5) is 26.0. The summed E-state index contributed by atoms with van der Waals surface area (Å²) in [6, 6.07) is 12.5. The van der Waals surface area contributed by atoms with Crippen LogP contribution in [0.1, 0.15) is 16.9 Å². The van der Waals surface area contributed by atoms with Gasteiger partial charge in [-0.25, -0.2) is 0 Å². The first-order chi connectivity index (χ1) is 11.1. The summed E-state index contributed by atoms with van der Waals surface area (Å²) in [5, 5.41) is 8.75. The van der Waals surface area contributed by atoms with E-state index >= 15 is 0 Å². The minimum Gasteiger partial charge on any atom is -0.451 e. The second kappa shape index (κ2) is 6.60. The van der Waals surface area contributed by atoms with Crippen molar-refractivity contribution in [2.24, 2.45) is 0 Å². The predicted octanol–water partition coefficient (Wildman–Crippen LogP) is 3.99. The van der Waals surface area contributed by atoms with Gasteiger partial charge in [0, 0.05) is 6.08 Å². The summed E-state index contributed by atoms with van der Waals surface area (Å²) >= 11 is 2.90. The van der Waals surface area contributed by atoms with Crippen LogP contribution < -0.4 is 0 Å². The van der Waals surface area contributed by atoms with E-state index < -0.39 is 0 Å². The first kappa shape index (κ1) is 15.8. The molecule has 1 aliphatic rings. The fraction of sp³-hybridized carbons (Fsp3) is 0.0625. The molecule has 3 rings (SSSR count). The minimum absolute atomic E-state index is 0.0848. The van der Waals surface area contributed by atoms with E-state index in [9.17, 15) is 9.59 Å². The fourth-order valence-corrected chi connectivity index (χ4v) is 3.36. The molecule has 2 amide bonds. The molecule has 0 atom stereocenters. The molecule has 0 aliphatic carbocycles. The standard InChI is InChI=1S/C16H9IN2O3S/c17-14-6-5-12(22-14)7-13-15(20)19(16(21)23-13)9-11-4-2-1-3-10(11)8-18/h1-7H,9H2/b13-7+. The van der Waals surface area contributed by atoms with Gasteiger partial charge in [-0.2, -0.15) is 5.26 Å². The van der Waals surface area contributed by atoms with Gasteiger partial charge in [0.05, 0.1) is 23.1 Å². The van der Waals surface area contributed by atoms with Gasteiger partial charge in [0.25, 0.3) is 11.1 Å². The van der Waals surface area contributed by atoms with Crippen LogP contribution in [0.5, 0.6) is 0 Å². The summed E-state index contributed by atoms with van der Waals surface area (Å²) in [5.74, 6) is 0.150. The molecule has 0 radical (unpaired) electrons. The van der Waals surface area contributed by atoms with E-state index in [-0.39, 0.29) is 17.7 Å². The Hall–Kier alpha value is -2.05. The van der Waals surface area contributed by atoms with Gasteiger partial charge in [-0.3, -0.25) is 14.5 Å². The van der Waals surface area contributed by atoms with Gasteiger partial charge in [0.1, 0.15) is 5.76 Å². The van der Waals surface area contributed by atoms with Crippen molar-refractivity contribution in [2.45, 2.75) is 6.54 Å². The topological polar surface area (TPSA) is 74.3 Å². The van der Waals surface area contributed by atoms with Crippen LogP contribution in [0.15, 0.2) is 45.7 Å². The fourth-order valence-electron chi connectivity index (χ4n) is 2.11. The molecule has 1 fully saturated rings. The quantitative estimate of drug-likeness (QED) is 0.538. The largest absolute Gasteiger partial charge is 0.451 e. The molecular weight excluding hydrogens is 427 g/mol. The zero-order valence-electron chi connectivity index (χ0n) is 11.7. The molecule has 23 heavy (non-hydrogen) atoms. The summed E-state index contributed by atoms with van der Waals surface area (Å²) in [6.07, 6.45) is 1.56. The molecule has 1 saturated heterocycles. The summed E-state index contributed by atoms with van der Waals surface area (Å²) < 4.78 is 6.10. The number of amides is 2. The third kappa shape index (κ3) is 3.33. The highest BCUT2D eigenvalue weighted by Gasteiger charge is 2.35.